The van der Waals surface area contributed by atoms with Crippen LogP contribution in [0.2, 0.25) is 5.15 Å². The Morgan fingerprint density at radius 3 is 2.88 bits per heavy atom. The Kier molecular flexibility index (Phi) is 5.29. The number of hydrogen-bond acceptors (Lipinski definition) is 5. The first-order chi connectivity index (χ1) is 12.3. The first-order valence-electron chi connectivity index (χ1n) is 7.61. The molecule has 2 aromatic heterocycles. The third-order valence-corrected chi connectivity index (χ3v) is 4.69. The molecule has 3 rings (SSSR count). The van der Waals surface area contributed by atoms with E-state index in [1.165, 1.54) is 16.8 Å². The van der Waals surface area contributed by atoms with Crippen LogP contribution in [0.3, 0.4) is 0 Å². The molecular formula is C18H14BrClN2O4. The highest BCUT2D eigenvalue weighted by Crippen LogP contribution is 2.23. The minimum absolute atomic E-state index is 0.0489. The van der Waals surface area contributed by atoms with E-state index in [1.807, 2.05) is 6.07 Å². The highest BCUT2D eigenvalue weighted by Gasteiger charge is 2.10. The smallest absolute Gasteiger partial charge is 0.336 e. The molecule has 0 unspecified atom stereocenters. The molecule has 0 N–H and O–H groups in total. The summed E-state index contributed by atoms with van der Waals surface area (Å²) >= 11 is 9.44. The SMILES string of the molecule is Cc1nn(C)c(Cl)c1/C=C/C(=O)OCc1cc(=O)oc2cc(Br)ccc12. The van der Waals surface area contributed by atoms with Crippen molar-refractivity contribution < 1.29 is 13.9 Å². The van der Waals surface area contributed by atoms with Crippen molar-refractivity contribution in [2.24, 2.45) is 7.05 Å². The summed E-state index contributed by atoms with van der Waals surface area (Å²) in [5.74, 6) is -0.553. The summed E-state index contributed by atoms with van der Waals surface area (Å²) in [6, 6.07) is 6.62. The lowest BCUT2D eigenvalue weighted by Gasteiger charge is -2.06. The molecule has 0 radical (unpaired) electrons. The van der Waals surface area contributed by atoms with Crippen LogP contribution in [0.5, 0.6) is 0 Å². The Bertz CT molecular complexity index is 1080. The van der Waals surface area contributed by atoms with E-state index in [0.29, 0.717) is 32.9 Å². The number of hydrogen-bond donors (Lipinski definition) is 0. The van der Waals surface area contributed by atoms with Gasteiger partial charge in [-0.25, -0.2) is 9.59 Å². The summed E-state index contributed by atoms with van der Waals surface area (Å²) in [7, 11) is 1.72. The summed E-state index contributed by atoms with van der Waals surface area (Å²) in [5, 5.41) is 5.30. The number of nitrogens with zero attached hydrogens (tertiary/aromatic N) is 2. The topological polar surface area (TPSA) is 74.3 Å². The molecule has 0 aliphatic carbocycles. The second-order valence-electron chi connectivity index (χ2n) is 5.59. The standard InChI is InChI=1S/C18H14BrClN2O4/c1-10-13(18(20)22(2)21-10)5-6-16(23)25-9-11-7-17(24)26-15-8-12(19)3-4-14(11)15/h3-8H,9H2,1-2H3/b6-5+. The van der Waals surface area contributed by atoms with E-state index in [9.17, 15) is 9.59 Å². The zero-order valence-corrected chi connectivity index (χ0v) is 16.3. The van der Waals surface area contributed by atoms with Gasteiger partial charge in [-0.3, -0.25) is 4.68 Å². The number of fused-ring (bicyclic) bond motifs is 1. The predicted octanol–water partition coefficient (Wildman–Crippen LogP) is 4.01. The van der Waals surface area contributed by atoms with Crippen LogP contribution in [0.15, 0.2) is 44.0 Å². The molecule has 0 spiro atoms. The summed E-state index contributed by atoms with van der Waals surface area (Å²) in [6.45, 7) is 1.75. The second-order valence-corrected chi connectivity index (χ2v) is 6.86. The Balaban J connectivity index is 1.77. The number of carbonyl (C=O) groups excluding carboxylic acids is 1. The van der Waals surface area contributed by atoms with Crippen molar-refractivity contribution in [1.29, 1.82) is 0 Å². The minimum Gasteiger partial charge on any atom is -0.458 e. The van der Waals surface area contributed by atoms with Crippen molar-refractivity contribution in [3.05, 3.63) is 67.2 Å². The van der Waals surface area contributed by atoms with E-state index < -0.39 is 11.6 Å². The van der Waals surface area contributed by atoms with Gasteiger partial charge < -0.3 is 9.15 Å². The number of halogens is 2. The molecule has 2 heterocycles. The number of ether oxygens (including phenoxy) is 1. The van der Waals surface area contributed by atoms with Crippen molar-refractivity contribution >= 4 is 50.5 Å². The monoisotopic (exact) mass is 436 g/mol. The summed E-state index contributed by atoms with van der Waals surface area (Å²) in [6.07, 6.45) is 2.83. The van der Waals surface area contributed by atoms with Crippen LogP contribution in [-0.4, -0.2) is 15.7 Å². The van der Waals surface area contributed by atoms with Gasteiger partial charge in [-0.15, -0.1) is 0 Å². The van der Waals surface area contributed by atoms with Crippen LogP contribution in [0.25, 0.3) is 17.0 Å². The van der Waals surface area contributed by atoms with E-state index in [0.717, 1.165) is 4.47 Å². The fourth-order valence-electron chi connectivity index (χ4n) is 2.51. The molecule has 0 saturated heterocycles. The first kappa shape index (κ1) is 18.4. The van der Waals surface area contributed by atoms with Gasteiger partial charge >= 0.3 is 11.6 Å². The maximum absolute atomic E-state index is 12.0. The second kappa shape index (κ2) is 7.47. The van der Waals surface area contributed by atoms with Gasteiger partial charge in [-0.2, -0.15) is 5.10 Å². The molecule has 3 aromatic rings. The average Bonchev–Trinajstić information content (AvgIpc) is 2.82. The molecule has 0 aliphatic heterocycles. The van der Waals surface area contributed by atoms with Crippen molar-refractivity contribution in [1.82, 2.24) is 9.78 Å². The van der Waals surface area contributed by atoms with Gasteiger partial charge in [0.15, 0.2) is 0 Å². The van der Waals surface area contributed by atoms with Crippen LogP contribution in [0.1, 0.15) is 16.8 Å². The van der Waals surface area contributed by atoms with E-state index in [2.05, 4.69) is 21.0 Å². The number of carbonyl (C=O) groups is 1. The van der Waals surface area contributed by atoms with Gasteiger partial charge in [0.05, 0.1) is 5.69 Å². The maximum Gasteiger partial charge on any atom is 0.336 e. The Labute approximate surface area is 162 Å². The fourth-order valence-corrected chi connectivity index (χ4v) is 3.08. The number of aryl methyl sites for hydroxylation is 2. The van der Waals surface area contributed by atoms with E-state index in [1.54, 1.807) is 32.2 Å². The van der Waals surface area contributed by atoms with E-state index in [-0.39, 0.29) is 6.61 Å². The Morgan fingerprint density at radius 1 is 1.42 bits per heavy atom. The highest BCUT2D eigenvalue weighted by atomic mass is 79.9. The van der Waals surface area contributed by atoms with E-state index in [4.69, 9.17) is 20.8 Å². The van der Waals surface area contributed by atoms with Crippen LogP contribution in [-0.2, 0) is 23.2 Å². The molecule has 0 aliphatic rings. The van der Waals surface area contributed by atoms with Gasteiger partial charge in [-0.05, 0) is 31.2 Å². The van der Waals surface area contributed by atoms with Crippen molar-refractivity contribution in [3.8, 4) is 0 Å². The number of esters is 1. The molecule has 0 amide bonds. The van der Waals surface area contributed by atoms with Crippen molar-refractivity contribution in [2.45, 2.75) is 13.5 Å². The molecule has 26 heavy (non-hydrogen) atoms. The summed E-state index contributed by atoms with van der Waals surface area (Å²) in [4.78, 5) is 23.7. The third kappa shape index (κ3) is 3.89. The zero-order valence-electron chi connectivity index (χ0n) is 14.0. The average molecular weight is 438 g/mol. The van der Waals surface area contributed by atoms with Crippen LogP contribution in [0.4, 0.5) is 0 Å². The normalized spacial score (nSPS) is 11.4. The molecule has 0 atom stereocenters. The molecule has 6 nitrogen and oxygen atoms in total. The maximum atomic E-state index is 12.0. The van der Waals surface area contributed by atoms with Crippen LogP contribution >= 0.6 is 27.5 Å². The lowest BCUT2D eigenvalue weighted by molar-refractivity contribution is -0.138. The molecule has 0 fully saturated rings. The largest absolute Gasteiger partial charge is 0.458 e. The fraction of sp³-hybridized carbons (Fsp3) is 0.167. The van der Waals surface area contributed by atoms with Gasteiger partial charge in [0.1, 0.15) is 17.3 Å². The van der Waals surface area contributed by atoms with Gasteiger partial charge in [0.25, 0.3) is 0 Å². The van der Waals surface area contributed by atoms with Gasteiger partial charge in [0.2, 0.25) is 0 Å². The van der Waals surface area contributed by atoms with Crippen molar-refractivity contribution in [3.63, 3.8) is 0 Å². The number of rotatable bonds is 4. The first-order valence-corrected chi connectivity index (χ1v) is 8.78. The van der Waals surface area contributed by atoms with Gasteiger partial charge in [0, 0.05) is 40.2 Å². The Morgan fingerprint density at radius 2 is 2.19 bits per heavy atom. The molecule has 8 heteroatoms. The highest BCUT2D eigenvalue weighted by molar-refractivity contribution is 9.10. The molecule has 1 aromatic carbocycles. The summed E-state index contributed by atoms with van der Waals surface area (Å²) in [5.41, 5.74) is 1.85. The summed E-state index contributed by atoms with van der Waals surface area (Å²) < 4.78 is 12.7. The lowest BCUT2D eigenvalue weighted by atomic mass is 10.1. The quantitative estimate of drug-likeness (QED) is 0.350. The molecule has 0 saturated carbocycles. The minimum atomic E-state index is -0.553. The molecular weight excluding hydrogens is 424 g/mol. The number of benzene rings is 1. The molecule has 134 valence electrons. The predicted molar refractivity (Wildman–Crippen MR) is 102 cm³/mol. The lowest BCUT2D eigenvalue weighted by Crippen LogP contribution is -2.05. The van der Waals surface area contributed by atoms with Crippen molar-refractivity contribution in [2.75, 3.05) is 0 Å². The van der Waals surface area contributed by atoms with Crippen LogP contribution < -0.4 is 5.63 Å². The molecule has 0 bridgehead atoms. The van der Waals surface area contributed by atoms with E-state index >= 15 is 0 Å². The number of aromatic nitrogens is 2. The Hall–Kier alpha value is -2.38. The van der Waals surface area contributed by atoms with Gasteiger partial charge in [-0.1, -0.05) is 27.5 Å². The zero-order chi connectivity index (χ0) is 18.8. The van der Waals surface area contributed by atoms with Crippen LogP contribution in [0, 0.1) is 6.92 Å². The third-order valence-electron chi connectivity index (χ3n) is 3.74.